The average Bonchev–Trinajstić information content (AvgIpc) is 2.40. The summed E-state index contributed by atoms with van der Waals surface area (Å²) in [5, 5.41) is 5.51. The van der Waals surface area contributed by atoms with Crippen LogP contribution in [0.2, 0.25) is 0 Å². The van der Waals surface area contributed by atoms with Crippen molar-refractivity contribution < 1.29 is 9.59 Å². The largest absolute Gasteiger partial charge is 0.355 e. The molecule has 2 amide bonds. The van der Waals surface area contributed by atoms with Gasteiger partial charge in [-0.3, -0.25) is 9.59 Å². The first-order valence-corrected chi connectivity index (χ1v) is 7.31. The lowest BCUT2D eigenvalue weighted by Gasteiger charge is -2.10. The van der Waals surface area contributed by atoms with Gasteiger partial charge in [0.15, 0.2) is 0 Å². The molecule has 1 rings (SSSR count). The predicted octanol–water partition coefficient (Wildman–Crippen LogP) is 2.70. The minimum Gasteiger partial charge on any atom is -0.355 e. The Morgan fingerprint density at radius 3 is 2.58 bits per heavy atom. The molecule has 0 spiro atoms. The Morgan fingerprint density at radius 1 is 1.26 bits per heavy atom. The Balaban J connectivity index is 2.22. The third-order valence-electron chi connectivity index (χ3n) is 2.54. The van der Waals surface area contributed by atoms with E-state index in [9.17, 15) is 9.59 Å². The number of rotatable bonds is 7. The van der Waals surface area contributed by atoms with Gasteiger partial charge in [-0.1, -0.05) is 47.5 Å². The second kappa shape index (κ2) is 8.69. The van der Waals surface area contributed by atoms with E-state index in [1.165, 1.54) is 0 Å². The van der Waals surface area contributed by atoms with Crippen LogP contribution in [0.4, 0.5) is 5.69 Å². The van der Waals surface area contributed by atoms with Gasteiger partial charge in [0, 0.05) is 18.7 Å². The SMILES string of the molecule is CCC[C@@H](Br)C(=O)NCCC(=O)Nc1ccccc1. The summed E-state index contributed by atoms with van der Waals surface area (Å²) in [6.45, 7) is 2.37. The Bertz CT molecular complexity index is 409. The third-order valence-corrected chi connectivity index (χ3v) is 3.41. The molecule has 19 heavy (non-hydrogen) atoms. The van der Waals surface area contributed by atoms with Crippen LogP contribution < -0.4 is 10.6 Å². The van der Waals surface area contributed by atoms with Crippen LogP contribution in [0.1, 0.15) is 26.2 Å². The number of alkyl halides is 1. The Morgan fingerprint density at radius 2 is 1.95 bits per heavy atom. The third kappa shape index (κ3) is 6.38. The summed E-state index contributed by atoms with van der Waals surface area (Å²) in [6, 6.07) is 9.26. The Labute approximate surface area is 122 Å². The Kier molecular flexibility index (Phi) is 7.18. The molecule has 0 saturated carbocycles. The smallest absolute Gasteiger partial charge is 0.233 e. The number of anilines is 1. The molecule has 1 aromatic rings. The van der Waals surface area contributed by atoms with Crippen LogP contribution in [0.25, 0.3) is 0 Å². The van der Waals surface area contributed by atoms with Crippen molar-refractivity contribution in [3.8, 4) is 0 Å². The van der Waals surface area contributed by atoms with E-state index >= 15 is 0 Å². The fourth-order valence-electron chi connectivity index (χ4n) is 1.54. The summed E-state index contributed by atoms with van der Waals surface area (Å²) in [5.74, 6) is -0.164. The van der Waals surface area contributed by atoms with E-state index < -0.39 is 0 Å². The highest BCUT2D eigenvalue weighted by Crippen LogP contribution is 2.08. The number of carbonyl (C=O) groups is 2. The maximum atomic E-state index is 11.6. The molecular formula is C14H19BrN2O2. The zero-order chi connectivity index (χ0) is 14.1. The highest BCUT2D eigenvalue weighted by atomic mass is 79.9. The van der Waals surface area contributed by atoms with Gasteiger partial charge >= 0.3 is 0 Å². The molecule has 1 aromatic carbocycles. The van der Waals surface area contributed by atoms with E-state index in [0.717, 1.165) is 18.5 Å². The van der Waals surface area contributed by atoms with E-state index in [-0.39, 0.29) is 23.1 Å². The zero-order valence-corrected chi connectivity index (χ0v) is 12.6. The molecule has 0 aliphatic heterocycles. The normalized spacial score (nSPS) is 11.7. The Hall–Kier alpha value is -1.36. The number of carbonyl (C=O) groups excluding carboxylic acids is 2. The van der Waals surface area contributed by atoms with Crippen LogP contribution >= 0.6 is 15.9 Å². The van der Waals surface area contributed by atoms with Crippen molar-refractivity contribution in [3.05, 3.63) is 30.3 Å². The first-order valence-electron chi connectivity index (χ1n) is 6.40. The van der Waals surface area contributed by atoms with Crippen LogP contribution in [0, 0.1) is 0 Å². The molecule has 0 aliphatic carbocycles. The van der Waals surface area contributed by atoms with E-state index in [1.54, 1.807) is 0 Å². The van der Waals surface area contributed by atoms with Crippen LogP contribution in [-0.4, -0.2) is 23.2 Å². The summed E-state index contributed by atoms with van der Waals surface area (Å²) >= 11 is 3.31. The van der Waals surface area contributed by atoms with Crippen molar-refractivity contribution in [2.24, 2.45) is 0 Å². The number of hydrogen-bond acceptors (Lipinski definition) is 2. The molecule has 1 atom stereocenters. The average molecular weight is 327 g/mol. The van der Waals surface area contributed by atoms with Crippen LogP contribution in [-0.2, 0) is 9.59 Å². The lowest BCUT2D eigenvalue weighted by molar-refractivity contribution is -0.120. The molecule has 2 N–H and O–H groups in total. The molecule has 4 nitrogen and oxygen atoms in total. The number of nitrogens with one attached hydrogen (secondary N) is 2. The number of amides is 2. The van der Waals surface area contributed by atoms with E-state index in [2.05, 4.69) is 26.6 Å². The van der Waals surface area contributed by atoms with Gasteiger partial charge in [-0.25, -0.2) is 0 Å². The highest BCUT2D eigenvalue weighted by molar-refractivity contribution is 9.10. The van der Waals surface area contributed by atoms with Gasteiger partial charge in [0.25, 0.3) is 0 Å². The van der Waals surface area contributed by atoms with Gasteiger partial charge in [0.2, 0.25) is 11.8 Å². The van der Waals surface area contributed by atoms with Gasteiger partial charge in [-0.05, 0) is 18.6 Å². The minimum atomic E-state index is -0.172. The van der Waals surface area contributed by atoms with E-state index in [4.69, 9.17) is 0 Å². The molecule has 0 aliphatic rings. The highest BCUT2D eigenvalue weighted by Gasteiger charge is 2.13. The fraction of sp³-hybridized carbons (Fsp3) is 0.429. The summed E-state index contributed by atoms with van der Waals surface area (Å²) in [5.41, 5.74) is 0.767. The standard InChI is InChI=1S/C14H19BrN2O2/c1-2-6-12(15)14(19)16-10-9-13(18)17-11-7-4-3-5-8-11/h3-5,7-8,12H,2,6,9-10H2,1H3,(H,16,19)(H,17,18)/t12-/m1/s1. The summed E-state index contributed by atoms with van der Waals surface area (Å²) in [6.07, 6.45) is 2.01. The summed E-state index contributed by atoms with van der Waals surface area (Å²) in [4.78, 5) is 23.0. The fourth-order valence-corrected chi connectivity index (χ4v) is 2.16. The summed E-state index contributed by atoms with van der Waals surface area (Å²) in [7, 11) is 0. The zero-order valence-electron chi connectivity index (χ0n) is 11.0. The van der Waals surface area contributed by atoms with Crippen molar-refractivity contribution in [2.75, 3.05) is 11.9 Å². The number of halogens is 1. The van der Waals surface area contributed by atoms with Crippen molar-refractivity contribution in [2.45, 2.75) is 31.0 Å². The first kappa shape index (κ1) is 15.7. The second-order valence-electron chi connectivity index (χ2n) is 4.21. The molecule has 5 heteroatoms. The first-order chi connectivity index (χ1) is 9.13. The van der Waals surface area contributed by atoms with Crippen LogP contribution in [0.5, 0.6) is 0 Å². The van der Waals surface area contributed by atoms with Crippen molar-refractivity contribution in [1.82, 2.24) is 5.32 Å². The summed E-state index contributed by atoms with van der Waals surface area (Å²) < 4.78 is 0. The molecule has 0 radical (unpaired) electrons. The number of hydrogen-bond donors (Lipinski definition) is 2. The lowest BCUT2D eigenvalue weighted by Crippen LogP contribution is -2.33. The van der Waals surface area contributed by atoms with Crippen LogP contribution in [0.15, 0.2) is 30.3 Å². The number of benzene rings is 1. The molecule has 0 aromatic heterocycles. The van der Waals surface area contributed by atoms with Crippen molar-refractivity contribution >= 4 is 33.4 Å². The van der Waals surface area contributed by atoms with Gasteiger partial charge < -0.3 is 10.6 Å². The topological polar surface area (TPSA) is 58.2 Å². The molecule has 0 fully saturated rings. The van der Waals surface area contributed by atoms with E-state index in [1.807, 2.05) is 37.3 Å². The molecule has 104 valence electrons. The van der Waals surface area contributed by atoms with Gasteiger partial charge in [0.05, 0.1) is 4.83 Å². The van der Waals surface area contributed by atoms with Crippen molar-refractivity contribution in [1.29, 1.82) is 0 Å². The molecule has 0 unspecified atom stereocenters. The maximum Gasteiger partial charge on any atom is 0.233 e. The quantitative estimate of drug-likeness (QED) is 0.757. The molecule has 0 bridgehead atoms. The van der Waals surface area contributed by atoms with Gasteiger partial charge in [-0.2, -0.15) is 0 Å². The van der Waals surface area contributed by atoms with Crippen molar-refractivity contribution in [3.63, 3.8) is 0 Å². The molecular weight excluding hydrogens is 308 g/mol. The van der Waals surface area contributed by atoms with Gasteiger partial charge in [-0.15, -0.1) is 0 Å². The monoisotopic (exact) mass is 326 g/mol. The van der Waals surface area contributed by atoms with Crippen LogP contribution in [0.3, 0.4) is 0 Å². The molecule has 0 saturated heterocycles. The maximum absolute atomic E-state index is 11.6. The van der Waals surface area contributed by atoms with Gasteiger partial charge in [0.1, 0.15) is 0 Å². The minimum absolute atomic E-state index is 0.0608. The lowest BCUT2D eigenvalue weighted by atomic mass is 10.2. The predicted molar refractivity (Wildman–Crippen MR) is 80.3 cm³/mol. The van der Waals surface area contributed by atoms with E-state index in [0.29, 0.717) is 6.54 Å². The number of para-hydroxylation sites is 1. The molecule has 0 heterocycles. The second-order valence-corrected chi connectivity index (χ2v) is 5.32.